The van der Waals surface area contributed by atoms with Crippen LogP contribution in [0.2, 0.25) is 0 Å². The third-order valence-electron chi connectivity index (χ3n) is 6.18. The normalized spacial score (nSPS) is 16.9. The van der Waals surface area contributed by atoms with Crippen LogP contribution in [0.25, 0.3) is 31.6 Å². The van der Waals surface area contributed by atoms with Gasteiger partial charge in [0.2, 0.25) is 0 Å². The van der Waals surface area contributed by atoms with E-state index in [1.54, 1.807) is 5.56 Å². The average Bonchev–Trinajstić information content (AvgIpc) is 2.74. The monoisotopic (exact) mass is 385 g/mol. The lowest BCUT2D eigenvalue weighted by Crippen LogP contribution is -2.34. The van der Waals surface area contributed by atoms with Gasteiger partial charge in [-0.25, -0.2) is 4.98 Å². The van der Waals surface area contributed by atoms with Crippen molar-refractivity contribution in [3.05, 3.63) is 52.9 Å². The molecule has 0 bridgehead atoms. The van der Waals surface area contributed by atoms with Crippen LogP contribution < -0.4 is 10.3 Å². The van der Waals surface area contributed by atoms with Crippen molar-refractivity contribution >= 4 is 38.0 Å². The van der Waals surface area contributed by atoms with Gasteiger partial charge in [-0.05, 0) is 55.9 Å². The zero-order valence-corrected chi connectivity index (χ0v) is 17.0. The van der Waals surface area contributed by atoms with Crippen molar-refractivity contribution in [2.45, 2.75) is 32.6 Å². The first-order valence-electron chi connectivity index (χ1n) is 10.4. The van der Waals surface area contributed by atoms with Gasteiger partial charge >= 0.3 is 0 Å². The van der Waals surface area contributed by atoms with Gasteiger partial charge < -0.3 is 4.90 Å². The summed E-state index contributed by atoms with van der Waals surface area (Å²) in [5.41, 5.74) is 6.88. The van der Waals surface area contributed by atoms with Crippen LogP contribution in [0, 0.1) is 0 Å². The summed E-state index contributed by atoms with van der Waals surface area (Å²) >= 11 is 1.92. The Kier molecular flexibility index (Phi) is 3.70. The molecule has 0 amide bonds. The van der Waals surface area contributed by atoms with Crippen LogP contribution in [0.5, 0.6) is 0 Å². The van der Waals surface area contributed by atoms with Crippen LogP contribution in [0.15, 0.2) is 41.4 Å². The van der Waals surface area contributed by atoms with Gasteiger partial charge in [0.1, 0.15) is 0 Å². The third kappa shape index (κ3) is 2.34. The number of aryl methyl sites for hydroxylation is 2. The number of aromatic nitrogens is 1. The lowest BCUT2D eigenvalue weighted by atomic mass is 9.91. The third-order valence-corrected chi connectivity index (χ3v) is 7.38. The highest BCUT2D eigenvalue weighted by molar-refractivity contribution is 7.21. The van der Waals surface area contributed by atoms with Crippen molar-refractivity contribution < 1.29 is 0 Å². The molecule has 4 aliphatic rings. The molecule has 28 heavy (non-hydrogen) atoms. The summed E-state index contributed by atoms with van der Waals surface area (Å²) in [4.78, 5) is 13.9. The number of fused-ring (bicyclic) bond motifs is 5. The molecule has 4 heteroatoms. The average molecular weight is 386 g/mol. The smallest absolute Gasteiger partial charge is 0.0889 e. The maximum absolute atomic E-state index is 5.22. The van der Waals surface area contributed by atoms with Gasteiger partial charge in [-0.15, -0.1) is 11.3 Å². The largest absolute Gasteiger partial charge is 0.371 e. The van der Waals surface area contributed by atoms with Gasteiger partial charge in [-0.2, -0.15) is 0 Å². The van der Waals surface area contributed by atoms with Crippen molar-refractivity contribution in [2.24, 2.45) is 4.99 Å². The highest BCUT2D eigenvalue weighted by atomic mass is 32.1. The summed E-state index contributed by atoms with van der Waals surface area (Å²) in [5.74, 6) is 0. The molecule has 3 aliphatic heterocycles. The van der Waals surface area contributed by atoms with E-state index in [9.17, 15) is 0 Å². The molecule has 0 unspecified atom stereocenters. The van der Waals surface area contributed by atoms with E-state index in [1.165, 1.54) is 75.9 Å². The number of anilines is 1. The summed E-state index contributed by atoms with van der Waals surface area (Å²) in [6.45, 7) is 5.32. The first-order valence-corrected chi connectivity index (χ1v) is 11.2. The zero-order valence-electron chi connectivity index (χ0n) is 16.2. The lowest BCUT2D eigenvalue weighted by Gasteiger charge is -2.37. The van der Waals surface area contributed by atoms with E-state index in [-0.39, 0.29) is 0 Å². The molecule has 2 aromatic rings. The minimum atomic E-state index is 0.800. The van der Waals surface area contributed by atoms with Gasteiger partial charge in [-0.3, -0.25) is 4.99 Å². The molecule has 0 spiro atoms. The zero-order chi connectivity index (χ0) is 18.7. The Bertz CT molecular complexity index is 1270. The first-order chi connectivity index (χ1) is 13.8. The fourth-order valence-electron chi connectivity index (χ4n) is 5.05. The first kappa shape index (κ1) is 16.5. The molecule has 0 N–H and O–H groups in total. The Labute approximate surface area is 168 Å². The van der Waals surface area contributed by atoms with E-state index in [4.69, 9.17) is 9.98 Å². The number of rotatable bonds is 1. The van der Waals surface area contributed by atoms with E-state index < -0.39 is 0 Å². The highest BCUT2D eigenvalue weighted by Crippen LogP contribution is 2.43. The molecule has 0 aromatic heterocycles. The molecule has 3 heterocycles. The summed E-state index contributed by atoms with van der Waals surface area (Å²) in [6, 6.07) is 13.2. The SMILES string of the molecule is CCN=c1cc2sc3c4c5c(cc3nc-2c2ccccc12)CCCN5CCC4. The van der Waals surface area contributed by atoms with Crippen molar-refractivity contribution in [3.8, 4) is 10.6 Å². The second-order valence-electron chi connectivity index (χ2n) is 7.88. The van der Waals surface area contributed by atoms with E-state index in [0.29, 0.717) is 0 Å². The quantitative estimate of drug-likeness (QED) is 0.334. The standard InChI is InChI=1S/C24H23N3S/c1-2-25-19-14-21-22(17-9-4-3-8-16(17)19)26-20-13-15-7-5-11-27-12-6-10-18(23(15)27)24(20)28-21/h3-4,8-9,13-14H,2,5-7,10-12H2,1H3. The molecule has 0 atom stereocenters. The van der Waals surface area contributed by atoms with Crippen LogP contribution in [0.3, 0.4) is 0 Å². The van der Waals surface area contributed by atoms with Crippen LogP contribution in [-0.2, 0) is 12.8 Å². The number of hydrogen-bond donors (Lipinski definition) is 0. The van der Waals surface area contributed by atoms with Crippen molar-refractivity contribution in [1.82, 2.24) is 4.98 Å². The summed E-state index contributed by atoms with van der Waals surface area (Å²) < 4.78 is 1.38. The van der Waals surface area contributed by atoms with Gasteiger partial charge in [0.15, 0.2) is 0 Å². The Balaban J connectivity index is 1.75. The fraction of sp³-hybridized carbons (Fsp3) is 0.333. The van der Waals surface area contributed by atoms with Gasteiger partial charge in [0.05, 0.1) is 26.1 Å². The molecule has 6 rings (SSSR count). The van der Waals surface area contributed by atoms with Crippen molar-refractivity contribution in [3.63, 3.8) is 0 Å². The predicted molar refractivity (Wildman–Crippen MR) is 119 cm³/mol. The number of hydrogen-bond acceptors (Lipinski definition) is 4. The Morgan fingerprint density at radius 1 is 1.07 bits per heavy atom. The van der Waals surface area contributed by atoms with Crippen LogP contribution in [0.4, 0.5) is 5.69 Å². The fourth-order valence-corrected chi connectivity index (χ4v) is 6.23. The van der Waals surface area contributed by atoms with Gasteiger partial charge in [0, 0.05) is 36.1 Å². The topological polar surface area (TPSA) is 28.5 Å². The molecule has 3 nitrogen and oxygen atoms in total. The van der Waals surface area contributed by atoms with Crippen LogP contribution >= 0.6 is 11.3 Å². The molecule has 0 saturated carbocycles. The van der Waals surface area contributed by atoms with Gasteiger partial charge in [0.25, 0.3) is 0 Å². The van der Waals surface area contributed by atoms with Crippen molar-refractivity contribution in [1.29, 1.82) is 0 Å². The minimum Gasteiger partial charge on any atom is -0.371 e. The predicted octanol–water partition coefficient (Wildman–Crippen LogP) is 5.17. The number of nitrogens with zero attached hydrogens (tertiary/aromatic N) is 3. The highest BCUT2D eigenvalue weighted by Gasteiger charge is 2.27. The number of benzene rings is 3. The molecule has 0 fully saturated rings. The summed E-state index contributed by atoms with van der Waals surface area (Å²) in [5, 5.41) is 3.52. The van der Waals surface area contributed by atoms with E-state index >= 15 is 0 Å². The maximum atomic E-state index is 5.22. The summed E-state index contributed by atoms with van der Waals surface area (Å²) in [6.07, 6.45) is 4.89. The molecule has 2 aromatic carbocycles. The van der Waals surface area contributed by atoms with E-state index in [2.05, 4.69) is 48.2 Å². The molecule has 1 aliphatic carbocycles. The van der Waals surface area contributed by atoms with Crippen molar-refractivity contribution in [2.75, 3.05) is 24.5 Å². The van der Waals surface area contributed by atoms with Crippen LogP contribution in [0.1, 0.15) is 30.9 Å². The molecule has 0 saturated heterocycles. The second-order valence-corrected chi connectivity index (χ2v) is 8.93. The molecule has 0 radical (unpaired) electrons. The van der Waals surface area contributed by atoms with E-state index in [1.807, 2.05) is 11.3 Å². The lowest BCUT2D eigenvalue weighted by molar-refractivity contribution is 0.637. The van der Waals surface area contributed by atoms with E-state index in [0.717, 1.165) is 17.6 Å². The molecular formula is C24H23N3S. The Morgan fingerprint density at radius 3 is 2.75 bits per heavy atom. The van der Waals surface area contributed by atoms with Crippen LogP contribution in [-0.4, -0.2) is 24.6 Å². The summed E-state index contributed by atoms with van der Waals surface area (Å²) in [7, 11) is 0. The molecular weight excluding hydrogens is 362 g/mol. The minimum absolute atomic E-state index is 0.800. The Hall–Kier alpha value is -2.46. The molecule has 140 valence electrons. The Morgan fingerprint density at radius 2 is 1.89 bits per heavy atom. The second kappa shape index (κ2) is 6.28. The maximum Gasteiger partial charge on any atom is 0.0889 e. The van der Waals surface area contributed by atoms with Gasteiger partial charge in [-0.1, -0.05) is 24.3 Å².